The number of hydrogen-bond donors (Lipinski definition) is 1. The fraction of sp³-hybridized carbons (Fsp3) is 0.381. The van der Waals surface area contributed by atoms with Crippen molar-refractivity contribution in [2.45, 2.75) is 25.4 Å². The number of nitrogens with one attached hydrogen (secondary N) is 1. The van der Waals surface area contributed by atoms with E-state index in [-0.39, 0.29) is 12.1 Å². The van der Waals surface area contributed by atoms with E-state index in [2.05, 4.69) is 64.8 Å². The summed E-state index contributed by atoms with van der Waals surface area (Å²) in [5.74, 6) is 0. The van der Waals surface area contributed by atoms with E-state index >= 15 is 0 Å². The number of benzene rings is 2. The van der Waals surface area contributed by atoms with Crippen molar-refractivity contribution in [3.8, 4) is 0 Å². The van der Waals surface area contributed by atoms with Crippen molar-refractivity contribution in [1.29, 1.82) is 0 Å². The van der Waals surface area contributed by atoms with Crippen LogP contribution in [-0.2, 0) is 6.42 Å². The average Bonchev–Trinajstić information content (AvgIpc) is 2.61. The predicted molar refractivity (Wildman–Crippen MR) is 99.6 cm³/mol. The van der Waals surface area contributed by atoms with Crippen LogP contribution in [0, 0.1) is 0 Å². The molecule has 2 heterocycles. The van der Waals surface area contributed by atoms with Gasteiger partial charge in [-0.25, -0.2) is 4.79 Å². The maximum Gasteiger partial charge on any atom is 0.317 e. The lowest BCUT2D eigenvalue weighted by atomic mass is 9.86. The van der Waals surface area contributed by atoms with Crippen LogP contribution >= 0.6 is 0 Å². The minimum Gasteiger partial charge on any atom is -0.338 e. The number of likely N-dealkylation sites (tertiary alicyclic amines) is 1. The molecule has 130 valence electrons. The SMILES string of the molecule is CCNC(=O)N1CC(N2CCc3ccccc3C2c2ccccc2)C1. The Morgan fingerprint density at radius 2 is 1.80 bits per heavy atom. The Kier molecular flexibility index (Phi) is 4.45. The highest BCUT2D eigenvalue weighted by Crippen LogP contribution is 2.37. The first-order chi connectivity index (χ1) is 12.3. The van der Waals surface area contributed by atoms with Crippen LogP contribution in [0.1, 0.15) is 29.7 Å². The van der Waals surface area contributed by atoms with Crippen molar-refractivity contribution in [2.24, 2.45) is 0 Å². The molecule has 2 aliphatic rings. The molecule has 2 aliphatic heterocycles. The van der Waals surface area contributed by atoms with Crippen LogP contribution < -0.4 is 5.32 Å². The molecule has 4 heteroatoms. The zero-order valence-electron chi connectivity index (χ0n) is 14.7. The number of carbonyl (C=O) groups excluding carboxylic acids is 1. The molecule has 2 aromatic carbocycles. The van der Waals surface area contributed by atoms with Crippen LogP contribution in [0.3, 0.4) is 0 Å². The van der Waals surface area contributed by atoms with E-state index in [0.717, 1.165) is 26.1 Å². The van der Waals surface area contributed by atoms with Crippen molar-refractivity contribution in [3.63, 3.8) is 0 Å². The number of amides is 2. The van der Waals surface area contributed by atoms with E-state index in [1.165, 1.54) is 16.7 Å². The fourth-order valence-electron chi connectivity index (χ4n) is 4.08. The van der Waals surface area contributed by atoms with Gasteiger partial charge in [-0.1, -0.05) is 54.6 Å². The zero-order valence-corrected chi connectivity index (χ0v) is 14.7. The summed E-state index contributed by atoms with van der Waals surface area (Å²) in [6.07, 6.45) is 1.08. The summed E-state index contributed by atoms with van der Waals surface area (Å²) in [5, 5.41) is 2.90. The summed E-state index contributed by atoms with van der Waals surface area (Å²) in [4.78, 5) is 16.5. The third kappa shape index (κ3) is 3.02. The van der Waals surface area contributed by atoms with Crippen LogP contribution in [0.5, 0.6) is 0 Å². The van der Waals surface area contributed by atoms with Crippen molar-refractivity contribution in [2.75, 3.05) is 26.2 Å². The maximum absolute atomic E-state index is 12.0. The van der Waals surface area contributed by atoms with Gasteiger partial charge in [0.05, 0.1) is 6.04 Å². The van der Waals surface area contributed by atoms with Crippen LogP contribution in [0.25, 0.3) is 0 Å². The molecule has 25 heavy (non-hydrogen) atoms. The number of urea groups is 1. The minimum absolute atomic E-state index is 0.0624. The lowest BCUT2D eigenvalue weighted by Gasteiger charge is -2.50. The highest BCUT2D eigenvalue weighted by Gasteiger charge is 2.40. The summed E-state index contributed by atoms with van der Waals surface area (Å²) in [7, 11) is 0. The van der Waals surface area contributed by atoms with Gasteiger partial charge in [0.25, 0.3) is 0 Å². The minimum atomic E-state index is 0.0624. The summed E-state index contributed by atoms with van der Waals surface area (Å²) in [6.45, 7) is 5.32. The Labute approximate surface area is 149 Å². The maximum atomic E-state index is 12.0. The molecular weight excluding hydrogens is 310 g/mol. The van der Waals surface area contributed by atoms with Crippen LogP contribution in [-0.4, -0.2) is 48.1 Å². The molecule has 1 saturated heterocycles. The van der Waals surface area contributed by atoms with E-state index in [4.69, 9.17) is 0 Å². The standard InChI is InChI=1S/C21H25N3O/c1-2-22-21(25)23-14-18(15-23)24-13-12-16-8-6-7-11-19(16)20(24)17-9-4-3-5-10-17/h3-11,18,20H,2,12-15H2,1H3,(H,22,25). The van der Waals surface area contributed by atoms with E-state index in [0.29, 0.717) is 12.6 Å². The van der Waals surface area contributed by atoms with Gasteiger partial charge in [0.2, 0.25) is 0 Å². The van der Waals surface area contributed by atoms with E-state index in [1.807, 2.05) is 11.8 Å². The first-order valence-corrected chi connectivity index (χ1v) is 9.19. The van der Waals surface area contributed by atoms with E-state index < -0.39 is 0 Å². The first-order valence-electron chi connectivity index (χ1n) is 9.19. The molecule has 0 radical (unpaired) electrons. The van der Waals surface area contributed by atoms with Crippen LogP contribution in [0.2, 0.25) is 0 Å². The molecule has 1 N–H and O–H groups in total. The molecule has 1 atom stereocenters. The van der Waals surface area contributed by atoms with E-state index in [1.54, 1.807) is 0 Å². The summed E-state index contributed by atoms with van der Waals surface area (Å²) in [5.41, 5.74) is 4.20. The summed E-state index contributed by atoms with van der Waals surface area (Å²) >= 11 is 0. The number of fused-ring (bicyclic) bond motifs is 1. The van der Waals surface area contributed by atoms with Crippen molar-refractivity contribution in [3.05, 3.63) is 71.3 Å². The molecule has 1 fully saturated rings. The highest BCUT2D eigenvalue weighted by atomic mass is 16.2. The zero-order chi connectivity index (χ0) is 17.2. The molecule has 4 rings (SSSR count). The molecular formula is C21H25N3O. The second-order valence-electron chi connectivity index (χ2n) is 6.89. The smallest absolute Gasteiger partial charge is 0.317 e. The predicted octanol–water partition coefficient (Wildman–Crippen LogP) is 3.05. The second kappa shape index (κ2) is 6.89. The van der Waals surface area contributed by atoms with Gasteiger partial charge >= 0.3 is 6.03 Å². The Hall–Kier alpha value is -2.33. The van der Waals surface area contributed by atoms with Crippen molar-refractivity contribution < 1.29 is 4.79 Å². The highest BCUT2D eigenvalue weighted by molar-refractivity contribution is 5.75. The number of hydrogen-bond acceptors (Lipinski definition) is 2. The van der Waals surface area contributed by atoms with Gasteiger partial charge in [-0.3, -0.25) is 4.90 Å². The van der Waals surface area contributed by atoms with Crippen molar-refractivity contribution in [1.82, 2.24) is 15.1 Å². The normalized spacial score (nSPS) is 20.7. The summed E-state index contributed by atoms with van der Waals surface area (Å²) < 4.78 is 0. The molecule has 0 bridgehead atoms. The first kappa shape index (κ1) is 16.2. The third-order valence-corrected chi connectivity index (χ3v) is 5.38. The molecule has 2 amide bonds. The van der Waals surface area contributed by atoms with Crippen LogP contribution in [0.15, 0.2) is 54.6 Å². The average molecular weight is 335 g/mol. The number of carbonyl (C=O) groups is 1. The number of nitrogens with zero attached hydrogens (tertiary/aromatic N) is 2. The fourth-order valence-corrected chi connectivity index (χ4v) is 4.08. The van der Waals surface area contributed by atoms with Gasteiger partial charge in [0, 0.05) is 32.2 Å². The van der Waals surface area contributed by atoms with Gasteiger partial charge in [0.1, 0.15) is 0 Å². The van der Waals surface area contributed by atoms with Gasteiger partial charge in [-0.15, -0.1) is 0 Å². The number of rotatable bonds is 3. The van der Waals surface area contributed by atoms with E-state index in [9.17, 15) is 4.79 Å². The molecule has 0 aromatic heterocycles. The van der Waals surface area contributed by atoms with Gasteiger partial charge in [-0.2, -0.15) is 0 Å². The monoisotopic (exact) mass is 335 g/mol. The second-order valence-corrected chi connectivity index (χ2v) is 6.89. The molecule has 2 aromatic rings. The molecule has 1 unspecified atom stereocenters. The molecule has 0 saturated carbocycles. The van der Waals surface area contributed by atoms with Gasteiger partial charge in [-0.05, 0) is 30.0 Å². The molecule has 0 aliphatic carbocycles. The molecule has 4 nitrogen and oxygen atoms in total. The van der Waals surface area contributed by atoms with Crippen molar-refractivity contribution >= 4 is 6.03 Å². The summed E-state index contributed by atoms with van der Waals surface area (Å²) in [6, 6.07) is 20.3. The Bertz CT molecular complexity index is 740. The quantitative estimate of drug-likeness (QED) is 0.936. The third-order valence-electron chi connectivity index (χ3n) is 5.38. The Morgan fingerprint density at radius 3 is 2.56 bits per heavy atom. The van der Waals surface area contributed by atoms with Gasteiger partial charge in [0.15, 0.2) is 0 Å². The largest absolute Gasteiger partial charge is 0.338 e. The molecule has 0 spiro atoms. The van der Waals surface area contributed by atoms with Gasteiger partial charge < -0.3 is 10.2 Å². The topological polar surface area (TPSA) is 35.6 Å². The lowest BCUT2D eigenvalue weighted by molar-refractivity contribution is 0.0341. The lowest BCUT2D eigenvalue weighted by Crippen LogP contribution is -2.64. The van der Waals surface area contributed by atoms with Crippen LogP contribution in [0.4, 0.5) is 4.79 Å². The Morgan fingerprint density at radius 1 is 1.08 bits per heavy atom. The Balaban J connectivity index is 1.59.